The number of rotatable bonds is 16. The number of carbonyl (C=O) groups is 1. The predicted molar refractivity (Wildman–Crippen MR) is 200 cm³/mol. The highest BCUT2D eigenvalue weighted by Crippen LogP contribution is 2.61. The average Bonchev–Trinajstić information content (AvgIpc) is 3.43. The van der Waals surface area contributed by atoms with E-state index < -0.39 is 24.2 Å². The van der Waals surface area contributed by atoms with Crippen molar-refractivity contribution < 1.29 is 29.7 Å². The van der Waals surface area contributed by atoms with Gasteiger partial charge in [-0.25, -0.2) is 0 Å². The van der Waals surface area contributed by atoms with Crippen molar-refractivity contribution >= 4 is 5.91 Å². The number of aliphatic hydroxyl groups excluding tert-OH is 2. The van der Waals surface area contributed by atoms with Gasteiger partial charge in [0.2, 0.25) is 5.91 Å². The van der Waals surface area contributed by atoms with Gasteiger partial charge in [-0.2, -0.15) is 5.06 Å². The number of hydrogen-bond acceptors (Lipinski definition) is 9. The molecule has 2 bridgehead atoms. The lowest BCUT2D eigenvalue weighted by Gasteiger charge is -2.62. The Kier molecular flexibility index (Phi) is 12.8. The quantitative estimate of drug-likeness (QED) is 0.190. The smallest absolute Gasteiger partial charge is 0.240 e. The van der Waals surface area contributed by atoms with Crippen molar-refractivity contribution in [3.8, 4) is 11.5 Å². The van der Waals surface area contributed by atoms with E-state index in [1.807, 2.05) is 18.2 Å². The molecular weight excluding hydrogens is 644 g/mol. The Labute approximate surface area is 306 Å². The summed E-state index contributed by atoms with van der Waals surface area (Å²) in [6.07, 6.45) is 1.63. The molecule has 0 radical (unpaired) electrons. The maximum absolute atomic E-state index is 14.2. The second kappa shape index (κ2) is 16.5. The van der Waals surface area contributed by atoms with Crippen LogP contribution in [0.5, 0.6) is 11.5 Å². The van der Waals surface area contributed by atoms with Gasteiger partial charge in [-0.05, 0) is 92.6 Å². The Morgan fingerprint density at radius 2 is 1.80 bits per heavy atom. The third-order valence-electron chi connectivity index (χ3n) is 12.3. The van der Waals surface area contributed by atoms with Gasteiger partial charge in [0.1, 0.15) is 23.6 Å². The Bertz CT molecular complexity index is 1460. The van der Waals surface area contributed by atoms with Gasteiger partial charge in [0.05, 0.1) is 26.4 Å². The van der Waals surface area contributed by atoms with Crippen molar-refractivity contribution in [1.29, 1.82) is 0 Å². The highest BCUT2D eigenvalue weighted by atomic mass is 16.7. The zero-order valence-electron chi connectivity index (χ0n) is 32.4. The van der Waals surface area contributed by atoms with E-state index in [0.717, 1.165) is 36.1 Å². The lowest BCUT2D eigenvalue weighted by Crippen LogP contribution is -2.62. The van der Waals surface area contributed by atoms with Crippen LogP contribution in [0.1, 0.15) is 77.5 Å². The van der Waals surface area contributed by atoms with Crippen molar-refractivity contribution in [3.63, 3.8) is 0 Å². The van der Waals surface area contributed by atoms with Gasteiger partial charge in [-0.15, -0.1) is 0 Å². The fraction of sp³-hybridized carbons (Fsp3) is 0.683. The number of aromatic hydroxyl groups is 1. The Balaban J connectivity index is 1.39. The van der Waals surface area contributed by atoms with E-state index in [4.69, 9.17) is 9.57 Å². The minimum atomic E-state index is -0.847. The zero-order valence-corrected chi connectivity index (χ0v) is 32.4. The van der Waals surface area contributed by atoms with Gasteiger partial charge < -0.3 is 30.3 Å². The zero-order chi connectivity index (χ0) is 37.2. The number of hydrogen-bond donors (Lipinski definition) is 4. The van der Waals surface area contributed by atoms with Crippen LogP contribution in [-0.4, -0.2) is 101 Å². The lowest BCUT2D eigenvalue weighted by molar-refractivity contribution is -0.183. The fourth-order valence-electron chi connectivity index (χ4n) is 9.45. The van der Waals surface area contributed by atoms with Crippen molar-refractivity contribution in [2.24, 2.45) is 35.0 Å². The molecule has 2 aromatic rings. The number of likely N-dealkylation sites (N-methyl/N-ethyl adjacent to an activating group) is 1. The summed E-state index contributed by atoms with van der Waals surface area (Å²) in [5.74, 6) is 2.18. The number of phenols is 1. The molecule has 6 rings (SSSR count). The van der Waals surface area contributed by atoms with E-state index in [9.17, 15) is 20.1 Å². The van der Waals surface area contributed by atoms with Crippen LogP contribution in [0.15, 0.2) is 42.5 Å². The summed E-state index contributed by atoms with van der Waals surface area (Å²) in [6.45, 7) is 15.1. The normalized spacial score (nSPS) is 28.5. The number of nitrogens with one attached hydrogen (secondary N) is 1. The van der Waals surface area contributed by atoms with Gasteiger partial charge in [0.15, 0.2) is 0 Å². The first kappa shape index (κ1) is 39.5. The highest BCUT2D eigenvalue weighted by molar-refractivity contribution is 5.82. The summed E-state index contributed by atoms with van der Waals surface area (Å²) in [7, 11) is 5.82. The molecule has 2 aromatic carbocycles. The van der Waals surface area contributed by atoms with E-state index in [1.165, 1.54) is 6.42 Å². The van der Waals surface area contributed by atoms with E-state index in [0.29, 0.717) is 54.5 Å². The van der Waals surface area contributed by atoms with Crippen LogP contribution in [0.3, 0.4) is 0 Å². The molecule has 1 amide bonds. The molecule has 9 atom stereocenters. The number of benzene rings is 2. The van der Waals surface area contributed by atoms with Crippen LogP contribution in [0, 0.1) is 35.0 Å². The molecule has 3 saturated carbocycles. The Hall–Kier alpha value is -2.73. The van der Waals surface area contributed by atoms with E-state index in [1.54, 1.807) is 31.2 Å². The van der Waals surface area contributed by atoms with E-state index in [2.05, 4.69) is 76.0 Å². The fourth-order valence-corrected chi connectivity index (χ4v) is 9.45. The molecular formula is C41H64N4O6. The SMILES string of the molecule is COc1cccc(O)c1CN(Cc1cccc(CN2O[C@@H](CO)[C@@H]([C@H](C)O)[C@H]2C(=O)N[C@H]2C[C@H]3C[C@@H]([C@@H]2C)C3(C)C)c1)[C@@H](CC(C)C)CN(C)C. The lowest BCUT2D eigenvalue weighted by atomic mass is 9.45. The maximum atomic E-state index is 14.2. The Morgan fingerprint density at radius 1 is 1.10 bits per heavy atom. The van der Waals surface area contributed by atoms with Crippen LogP contribution in [0.4, 0.5) is 0 Å². The molecule has 284 valence electrons. The predicted octanol–water partition coefficient (Wildman–Crippen LogP) is 5.04. The third kappa shape index (κ3) is 8.74. The van der Waals surface area contributed by atoms with Crippen LogP contribution in [0.2, 0.25) is 0 Å². The molecule has 4 aliphatic rings. The summed E-state index contributed by atoms with van der Waals surface area (Å²) < 4.78 is 5.67. The number of aliphatic hydroxyl groups is 2. The minimum absolute atomic E-state index is 0.0805. The largest absolute Gasteiger partial charge is 0.507 e. The molecule has 10 nitrogen and oxygen atoms in total. The molecule has 1 aliphatic heterocycles. The van der Waals surface area contributed by atoms with Crippen LogP contribution >= 0.6 is 0 Å². The van der Waals surface area contributed by atoms with Gasteiger partial charge in [0.25, 0.3) is 0 Å². The second-order valence-electron chi connectivity index (χ2n) is 17.0. The van der Waals surface area contributed by atoms with Gasteiger partial charge in [0, 0.05) is 43.2 Å². The standard InChI is InChI=1S/C41H64N4O6/c1-25(2)16-31(22-43(7)8)44(23-32-35(48)14-11-15-36(32)50-9)20-28-12-10-13-29(17-28)21-45-39(38(27(4)47)37(24-46)51-45)40(49)42-34-19-30-18-33(26(34)3)41(30,5)6/h10-15,17,25-27,30-31,33-34,37-39,46-48H,16,18-24H2,1-9H3,(H,42,49)/t26-,27-,30+,31-,33-,34-,37-,38+,39-/m0/s1. The number of methoxy groups -OCH3 is 1. The first-order valence-electron chi connectivity index (χ1n) is 19.0. The number of phenolic OH excluding ortho intramolecular Hbond substituents is 1. The summed E-state index contributed by atoms with van der Waals surface area (Å²) in [4.78, 5) is 25.1. The minimum Gasteiger partial charge on any atom is -0.507 e. The second-order valence-corrected chi connectivity index (χ2v) is 17.0. The van der Waals surface area contributed by atoms with Gasteiger partial charge in [-0.3, -0.25) is 14.5 Å². The third-order valence-corrected chi connectivity index (χ3v) is 12.3. The number of amides is 1. The molecule has 4 N–H and O–H groups in total. The summed E-state index contributed by atoms with van der Waals surface area (Å²) in [5.41, 5.74) is 3.13. The number of nitrogens with zero attached hydrogens (tertiary/aromatic N) is 3. The molecule has 0 spiro atoms. The number of hydroxylamine groups is 2. The summed E-state index contributed by atoms with van der Waals surface area (Å²) >= 11 is 0. The van der Waals surface area contributed by atoms with Crippen LogP contribution < -0.4 is 10.1 Å². The first-order valence-corrected chi connectivity index (χ1v) is 19.0. The molecule has 0 unspecified atom stereocenters. The molecule has 1 heterocycles. The van der Waals surface area contributed by atoms with E-state index in [-0.39, 0.29) is 30.3 Å². The number of carbonyl (C=O) groups excluding carboxylic acids is 1. The molecule has 4 fully saturated rings. The average molecular weight is 709 g/mol. The number of ether oxygens (including phenoxy) is 1. The highest BCUT2D eigenvalue weighted by Gasteiger charge is 2.57. The van der Waals surface area contributed by atoms with Crippen molar-refractivity contribution in [2.45, 2.75) is 111 Å². The molecule has 10 heteroatoms. The van der Waals surface area contributed by atoms with Gasteiger partial charge >= 0.3 is 0 Å². The van der Waals surface area contributed by atoms with Crippen molar-refractivity contribution in [3.05, 3.63) is 59.2 Å². The summed E-state index contributed by atoms with van der Waals surface area (Å²) in [6, 6.07) is 13.3. The summed E-state index contributed by atoms with van der Waals surface area (Å²) in [5, 5.41) is 37.2. The van der Waals surface area contributed by atoms with Crippen molar-refractivity contribution in [1.82, 2.24) is 20.2 Å². The molecule has 0 aromatic heterocycles. The number of fused-ring (bicyclic) bond motifs is 2. The van der Waals surface area contributed by atoms with Crippen molar-refractivity contribution in [2.75, 3.05) is 34.4 Å². The molecule has 3 aliphatic carbocycles. The topological polar surface area (TPSA) is 118 Å². The maximum Gasteiger partial charge on any atom is 0.240 e. The van der Waals surface area contributed by atoms with Crippen LogP contribution in [-0.2, 0) is 29.3 Å². The van der Waals surface area contributed by atoms with E-state index >= 15 is 0 Å². The van der Waals surface area contributed by atoms with Gasteiger partial charge in [-0.1, -0.05) is 65.0 Å². The molecule has 1 saturated heterocycles. The Morgan fingerprint density at radius 3 is 2.41 bits per heavy atom. The first-order chi connectivity index (χ1) is 24.1. The molecule has 51 heavy (non-hydrogen) atoms. The van der Waals surface area contributed by atoms with Crippen LogP contribution in [0.25, 0.3) is 0 Å². The monoisotopic (exact) mass is 708 g/mol.